The van der Waals surface area contributed by atoms with Crippen molar-refractivity contribution in [1.29, 1.82) is 0 Å². The van der Waals surface area contributed by atoms with Gasteiger partial charge in [0.1, 0.15) is 11.6 Å². The maximum atomic E-state index is 14.3. The van der Waals surface area contributed by atoms with E-state index in [0.29, 0.717) is 22.6 Å². The van der Waals surface area contributed by atoms with Crippen molar-refractivity contribution in [3.8, 4) is 5.75 Å². The van der Waals surface area contributed by atoms with Crippen LogP contribution in [0, 0.1) is 5.82 Å². The van der Waals surface area contributed by atoms with Crippen LogP contribution in [-0.2, 0) is 16.9 Å². The number of nitrogens with zero attached hydrogens (tertiary/aromatic N) is 1. The second-order valence-electron chi connectivity index (χ2n) is 7.30. The summed E-state index contributed by atoms with van der Waals surface area (Å²) in [6, 6.07) is 17.3. The van der Waals surface area contributed by atoms with Gasteiger partial charge in [0.25, 0.3) is 5.91 Å². The topological polar surface area (TPSA) is 66.8 Å². The quantitative estimate of drug-likeness (QED) is 0.574. The summed E-state index contributed by atoms with van der Waals surface area (Å²) in [6.45, 7) is -0.166. The summed E-state index contributed by atoms with van der Waals surface area (Å²) >= 11 is 6.14. The molecule has 5 nitrogen and oxygen atoms in total. The molecule has 0 spiro atoms. The van der Waals surface area contributed by atoms with Gasteiger partial charge in [-0.3, -0.25) is 9.59 Å². The van der Waals surface area contributed by atoms with Gasteiger partial charge in [-0.15, -0.1) is 0 Å². The Morgan fingerprint density at radius 2 is 1.81 bits per heavy atom. The first-order valence-electron chi connectivity index (χ1n) is 9.59. The Hall–Kier alpha value is -3.22. The van der Waals surface area contributed by atoms with Crippen LogP contribution in [0.2, 0.25) is 5.02 Å². The van der Waals surface area contributed by atoms with Crippen LogP contribution in [-0.4, -0.2) is 23.9 Å². The largest absolute Gasteiger partial charge is 0.497 e. The lowest BCUT2D eigenvalue weighted by atomic mass is 9.88. The molecule has 1 atom stereocenters. The number of fused-ring (bicyclic) bond motifs is 1. The summed E-state index contributed by atoms with van der Waals surface area (Å²) in [5, 5.41) is 11.5. The molecule has 7 heteroatoms. The third-order valence-corrected chi connectivity index (χ3v) is 5.80. The van der Waals surface area contributed by atoms with E-state index in [1.807, 2.05) is 0 Å². The van der Waals surface area contributed by atoms with Gasteiger partial charge >= 0.3 is 0 Å². The Kier molecular flexibility index (Phi) is 5.52. The number of hydrogen-bond acceptors (Lipinski definition) is 4. The average molecular weight is 440 g/mol. The van der Waals surface area contributed by atoms with Crippen LogP contribution < -0.4 is 9.64 Å². The molecule has 0 saturated carbocycles. The van der Waals surface area contributed by atoms with Gasteiger partial charge in [-0.05, 0) is 42.5 Å². The summed E-state index contributed by atoms with van der Waals surface area (Å²) in [5.41, 5.74) is -0.870. The highest BCUT2D eigenvalue weighted by Gasteiger charge is 2.51. The Bertz CT molecular complexity index is 1140. The van der Waals surface area contributed by atoms with E-state index in [0.717, 1.165) is 0 Å². The van der Waals surface area contributed by atoms with Gasteiger partial charge in [0.15, 0.2) is 11.4 Å². The summed E-state index contributed by atoms with van der Waals surface area (Å²) in [4.78, 5) is 27.5. The van der Waals surface area contributed by atoms with Crippen molar-refractivity contribution in [3.63, 3.8) is 0 Å². The number of benzene rings is 3. The molecule has 1 aliphatic heterocycles. The molecule has 1 heterocycles. The zero-order valence-electron chi connectivity index (χ0n) is 16.6. The van der Waals surface area contributed by atoms with E-state index in [2.05, 4.69) is 0 Å². The number of para-hydroxylation sites is 1. The van der Waals surface area contributed by atoms with Crippen LogP contribution in [0.15, 0.2) is 66.7 Å². The van der Waals surface area contributed by atoms with E-state index in [1.54, 1.807) is 48.5 Å². The molecule has 0 fully saturated rings. The van der Waals surface area contributed by atoms with Crippen molar-refractivity contribution < 1.29 is 23.8 Å². The SMILES string of the molecule is COc1ccc(C(=O)C[C@@]2(O)C(=O)N(Cc3c(F)cccc3Cl)c3ccccc32)cc1. The first-order valence-corrected chi connectivity index (χ1v) is 9.97. The first-order chi connectivity index (χ1) is 14.8. The molecule has 0 radical (unpaired) electrons. The molecule has 0 aliphatic carbocycles. The standard InChI is InChI=1S/C24H19ClFNO4/c1-31-16-11-9-15(10-12-16)22(28)13-24(30)18-5-2-3-8-21(18)27(23(24)29)14-17-19(25)6-4-7-20(17)26/h2-12,30H,13-14H2,1H3/t24-/m0/s1. The summed E-state index contributed by atoms with van der Waals surface area (Å²) < 4.78 is 19.4. The molecule has 0 unspecified atom stereocenters. The Labute approximate surface area is 183 Å². The molecule has 3 aromatic rings. The molecule has 158 valence electrons. The second kappa shape index (κ2) is 8.13. The number of carbonyl (C=O) groups excluding carboxylic acids is 2. The minimum Gasteiger partial charge on any atom is -0.497 e. The zero-order chi connectivity index (χ0) is 22.2. The predicted octanol–water partition coefficient (Wildman–Crippen LogP) is 4.50. The Morgan fingerprint density at radius 1 is 1.10 bits per heavy atom. The number of ether oxygens (including phenoxy) is 1. The normalized spacial score (nSPS) is 17.5. The van der Waals surface area contributed by atoms with Gasteiger partial charge in [-0.1, -0.05) is 35.9 Å². The molecule has 0 bridgehead atoms. The second-order valence-corrected chi connectivity index (χ2v) is 7.70. The van der Waals surface area contributed by atoms with Crippen molar-refractivity contribution in [2.45, 2.75) is 18.6 Å². The number of rotatable bonds is 6. The van der Waals surface area contributed by atoms with Crippen molar-refractivity contribution in [1.82, 2.24) is 0 Å². The highest BCUT2D eigenvalue weighted by Crippen LogP contribution is 2.44. The third-order valence-electron chi connectivity index (χ3n) is 5.45. The number of anilines is 1. The molecule has 1 N–H and O–H groups in total. The molecule has 4 rings (SSSR count). The van der Waals surface area contributed by atoms with E-state index in [-0.39, 0.29) is 17.1 Å². The Morgan fingerprint density at radius 3 is 2.48 bits per heavy atom. The summed E-state index contributed by atoms with van der Waals surface area (Å²) in [6.07, 6.45) is -0.448. The number of halogens is 2. The lowest BCUT2D eigenvalue weighted by Gasteiger charge is -2.23. The number of aliphatic hydroxyl groups is 1. The van der Waals surface area contributed by atoms with Gasteiger partial charge in [-0.2, -0.15) is 0 Å². The maximum Gasteiger partial charge on any atom is 0.264 e. The van der Waals surface area contributed by atoms with Crippen LogP contribution in [0.25, 0.3) is 0 Å². The van der Waals surface area contributed by atoms with Crippen LogP contribution in [0.1, 0.15) is 27.9 Å². The molecule has 31 heavy (non-hydrogen) atoms. The third kappa shape index (κ3) is 3.69. The fraction of sp³-hybridized carbons (Fsp3) is 0.167. The average Bonchev–Trinajstić information content (AvgIpc) is 2.98. The first kappa shape index (κ1) is 21.0. The minimum atomic E-state index is -2.06. The smallest absolute Gasteiger partial charge is 0.264 e. The minimum absolute atomic E-state index is 0.137. The van der Waals surface area contributed by atoms with Gasteiger partial charge < -0.3 is 14.7 Å². The van der Waals surface area contributed by atoms with E-state index in [9.17, 15) is 19.1 Å². The molecular formula is C24H19ClFNO4. The maximum absolute atomic E-state index is 14.3. The fourth-order valence-electron chi connectivity index (χ4n) is 3.79. The zero-order valence-corrected chi connectivity index (χ0v) is 17.4. The van der Waals surface area contributed by atoms with Crippen molar-refractivity contribution >= 4 is 29.0 Å². The number of Topliss-reactive ketones (excluding diaryl/α,β-unsaturated/α-hetero) is 1. The summed E-state index contributed by atoms with van der Waals surface area (Å²) in [5.74, 6) is -1.07. The van der Waals surface area contributed by atoms with E-state index in [4.69, 9.17) is 16.3 Å². The van der Waals surface area contributed by atoms with E-state index in [1.165, 1.54) is 30.2 Å². The van der Waals surface area contributed by atoms with Gasteiger partial charge in [0.05, 0.1) is 25.8 Å². The molecular weight excluding hydrogens is 421 g/mol. The van der Waals surface area contributed by atoms with Gasteiger partial charge in [0.2, 0.25) is 0 Å². The molecule has 1 aliphatic rings. The van der Waals surface area contributed by atoms with Crippen LogP contribution in [0.4, 0.5) is 10.1 Å². The predicted molar refractivity (Wildman–Crippen MR) is 115 cm³/mol. The molecule has 0 saturated heterocycles. The van der Waals surface area contributed by atoms with Crippen LogP contribution in [0.5, 0.6) is 5.75 Å². The number of methoxy groups -OCH3 is 1. The van der Waals surface area contributed by atoms with Crippen molar-refractivity contribution in [2.24, 2.45) is 0 Å². The number of hydrogen-bond donors (Lipinski definition) is 1. The van der Waals surface area contributed by atoms with E-state index >= 15 is 0 Å². The summed E-state index contributed by atoms with van der Waals surface area (Å²) in [7, 11) is 1.52. The van der Waals surface area contributed by atoms with Gasteiger partial charge in [-0.25, -0.2) is 4.39 Å². The van der Waals surface area contributed by atoms with E-state index < -0.39 is 29.5 Å². The fourth-order valence-corrected chi connectivity index (χ4v) is 4.01. The molecule has 0 aromatic heterocycles. The highest BCUT2D eigenvalue weighted by molar-refractivity contribution is 6.31. The number of amides is 1. The van der Waals surface area contributed by atoms with Gasteiger partial charge in [0, 0.05) is 21.7 Å². The number of carbonyl (C=O) groups is 2. The van der Waals surface area contributed by atoms with Crippen LogP contribution in [0.3, 0.4) is 0 Å². The molecule has 1 amide bonds. The lowest BCUT2D eigenvalue weighted by molar-refractivity contribution is -0.136. The van der Waals surface area contributed by atoms with Crippen molar-refractivity contribution in [3.05, 3.63) is 94.3 Å². The molecule has 3 aromatic carbocycles. The number of ketones is 1. The van der Waals surface area contributed by atoms with Crippen molar-refractivity contribution in [2.75, 3.05) is 12.0 Å². The highest BCUT2D eigenvalue weighted by atomic mass is 35.5. The monoisotopic (exact) mass is 439 g/mol. The Balaban J connectivity index is 1.68. The van der Waals surface area contributed by atoms with Crippen LogP contribution >= 0.6 is 11.6 Å². The lowest BCUT2D eigenvalue weighted by Crippen LogP contribution is -2.41.